The summed E-state index contributed by atoms with van der Waals surface area (Å²) in [5.41, 5.74) is 23.8. The van der Waals surface area contributed by atoms with Crippen LogP contribution >= 0.6 is 0 Å². The van der Waals surface area contributed by atoms with Crippen molar-refractivity contribution in [3.63, 3.8) is 0 Å². The molecule has 1 unspecified atom stereocenters. The molecule has 0 aromatic heterocycles. The fraction of sp³-hybridized carbons (Fsp3) is 0.455. The molecule has 5 aromatic carbocycles. The zero-order chi connectivity index (χ0) is 41.2. The minimum atomic E-state index is 0.00859. The van der Waals surface area contributed by atoms with Crippen LogP contribution in [-0.4, -0.2) is 0 Å². The maximum Gasteiger partial charge on any atom is 0.0527 e. The molecular weight excluding hydrogens is 689 g/mol. The molecule has 5 aromatic rings. The minimum absolute atomic E-state index is 0.00859. The number of hydrogen-bond donors (Lipinski definition) is 0. The molecule has 2 aliphatic carbocycles. The number of benzene rings is 5. The Morgan fingerprint density at radius 2 is 0.947 bits per heavy atom. The summed E-state index contributed by atoms with van der Waals surface area (Å²) >= 11 is 0. The van der Waals surface area contributed by atoms with Crippen molar-refractivity contribution < 1.29 is 0 Å². The van der Waals surface area contributed by atoms with Gasteiger partial charge in [-0.3, -0.25) is 0 Å². The summed E-state index contributed by atoms with van der Waals surface area (Å²) < 4.78 is 0. The fourth-order valence-corrected chi connectivity index (χ4v) is 12.0. The van der Waals surface area contributed by atoms with Gasteiger partial charge in [0.2, 0.25) is 0 Å². The second-order valence-corrected chi connectivity index (χ2v) is 23.2. The van der Waals surface area contributed by atoms with Gasteiger partial charge in [-0.05, 0) is 157 Å². The number of hydrogen-bond acceptors (Lipinski definition) is 2. The third-order valence-corrected chi connectivity index (χ3v) is 14.5. The van der Waals surface area contributed by atoms with E-state index in [0.717, 1.165) is 12.8 Å². The highest BCUT2D eigenvalue weighted by atomic mass is 15.2. The summed E-state index contributed by atoms with van der Waals surface area (Å²) in [6.45, 7) is 38.3. The topological polar surface area (TPSA) is 6.48 Å². The Bertz CT molecular complexity index is 2520. The van der Waals surface area contributed by atoms with E-state index in [1.54, 1.807) is 0 Å². The lowest BCUT2D eigenvalue weighted by atomic mass is 9.72. The average molecular weight is 755 g/mol. The molecule has 1 atom stereocenters. The zero-order valence-electron chi connectivity index (χ0n) is 37.9. The molecule has 2 nitrogen and oxygen atoms in total. The highest BCUT2D eigenvalue weighted by molar-refractivity contribution is 5.97. The van der Waals surface area contributed by atoms with Gasteiger partial charge in [0.15, 0.2) is 0 Å². The second kappa shape index (κ2) is 11.7. The lowest BCUT2D eigenvalue weighted by Crippen LogP contribution is -2.31. The Morgan fingerprint density at radius 3 is 1.54 bits per heavy atom. The van der Waals surface area contributed by atoms with Crippen LogP contribution in [0.1, 0.15) is 177 Å². The molecule has 0 bridgehead atoms. The molecule has 0 radical (unpaired) electrons. The molecule has 0 amide bonds. The van der Waals surface area contributed by atoms with E-state index < -0.39 is 0 Å². The first-order chi connectivity index (χ1) is 26.3. The molecule has 296 valence electrons. The Hall–Kier alpha value is -4.30. The predicted molar refractivity (Wildman–Crippen MR) is 245 cm³/mol. The van der Waals surface area contributed by atoms with E-state index in [9.17, 15) is 0 Å². The van der Waals surface area contributed by atoms with Crippen molar-refractivity contribution in [1.82, 2.24) is 0 Å². The van der Waals surface area contributed by atoms with Gasteiger partial charge in [-0.15, -0.1) is 0 Å². The zero-order valence-corrected chi connectivity index (χ0v) is 37.9. The summed E-state index contributed by atoms with van der Waals surface area (Å²) in [7, 11) is 0. The highest BCUT2D eigenvalue weighted by Gasteiger charge is 2.48. The predicted octanol–water partition coefficient (Wildman–Crippen LogP) is 15.6. The van der Waals surface area contributed by atoms with Gasteiger partial charge in [0.05, 0.1) is 22.7 Å². The summed E-state index contributed by atoms with van der Waals surface area (Å²) in [5, 5.41) is 0. The van der Waals surface area contributed by atoms with Crippen molar-refractivity contribution in [3.8, 4) is 0 Å². The van der Waals surface area contributed by atoms with Crippen LogP contribution < -0.4 is 9.80 Å². The molecule has 0 saturated heterocycles. The van der Waals surface area contributed by atoms with Crippen LogP contribution in [0.5, 0.6) is 0 Å². The molecule has 57 heavy (non-hydrogen) atoms. The number of rotatable bonds is 2. The number of nitrogens with zero attached hydrogens (tertiary/aromatic N) is 2. The Kier molecular flexibility index (Phi) is 7.83. The SMILES string of the molecule is Cc1cc2c3c(c1)N(c1cc(C(C)(C)C)ccc1C)c1cc(C(C)(C)C)ccc1C3c1cc3c(cc1N2c1ccc2c(c1)C(C)(C)CC2(C)C)C(C)(C)CC3(C)C. The first-order valence-electron chi connectivity index (χ1n) is 21.6. The number of anilines is 6. The van der Waals surface area contributed by atoms with Crippen molar-refractivity contribution in [2.24, 2.45) is 0 Å². The van der Waals surface area contributed by atoms with E-state index in [-0.39, 0.29) is 38.4 Å². The Labute approximate surface area is 344 Å². The smallest absolute Gasteiger partial charge is 0.0527 e. The maximum atomic E-state index is 2.67. The molecule has 9 rings (SSSR count). The van der Waals surface area contributed by atoms with Gasteiger partial charge in [0, 0.05) is 22.9 Å². The number of fused-ring (bicyclic) bond motifs is 6. The maximum absolute atomic E-state index is 2.67. The van der Waals surface area contributed by atoms with Gasteiger partial charge in [-0.2, -0.15) is 0 Å². The third kappa shape index (κ3) is 5.62. The molecule has 0 N–H and O–H groups in total. The van der Waals surface area contributed by atoms with Gasteiger partial charge in [-0.25, -0.2) is 0 Å². The van der Waals surface area contributed by atoms with Crippen LogP contribution in [0.2, 0.25) is 0 Å². The van der Waals surface area contributed by atoms with Crippen LogP contribution in [0.25, 0.3) is 0 Å². The van der Waals surface area contributed by atoms with E-state index in [1.165, 1.54) is 95.3 Å². The van der Waals surface area contributed by atoms with Crippen LogP contribution in [0.4, 0.5) is 34.1 Å². The summed E-state index contributed by atoms with van der Waals surface area (Å²) in [4.78, 5) is 5.32. The van der Waals surface area contributed by atoms with Gasteiger partial charge >= 0.3 is 0 Å². The van der Waals surface area contributed by atoms with Crippen LogP contribution in [0.3, 0.4) is 0 Å². The van der Waals surface area contributed by atoms with Gasteiger partial charge in [0.25, 0.3) is 0 Å². The Morgan fingerprint density at radius 1 is 0.456 bits per heavy atom. The second-order valence-electron chi connectivity index (χ2n) is 23.2. The normalized spacial score (nSPS) is 20.5. The van der Waals surface area contributed by atoms with Gasteiger partial charge < -0.3 is 9.80 Å². The van der Waals surface area contributed by atoms with Crippen molar-refractivity contribution in [2.75, 3.05) is 9.80 Å². The van der Waals surface area contributed by atoms with E-state index in [2.05, 4.69) is 199 Å². The first-order valence-corrected chi connectivity index (χ1v) is 21.6. The third-order valence-electron chi connectivity index (χ3n) is 14.5. The molecule has 2 heteroatoms. The summed E-state index contributed by atoms with van der Waals surface area (Å²) in [6.07, 6.45) is 2.30. The molecular formula is C55H66N2. The number of aryl methyl sites for hydroxylation is 2. The molecule has 0 spiro atoms. The van der Waals surface area contributed by atoms with E-state index in [4.69, 9.17) is 0 Å². The first kappa shape index (κ1) is 38.2. The quantitative estimate of drug-likeness (QED) is 0.173. The minimum Gasteiger partial charge on any atom is -0.310 e. The van der Waals surface area contributed by atoms with Crippen molar-refractivity contribution in [3.05, 3.63) is 140 Å². The van der Waals surface area contributed by atoms with Gasteiger partial charge in [-0.1, -0.05) is 133 Å². The average Bonchev–Trinajstić information content (AvgIpc) is 3.40. The monoisotopic (exact) mass is 755 g/mol. The van der Waals surface area contributed by atoms with E-state index in [0.29, 0.717) is 0 Å². The Balaban J connectivity index is 1.41. The van der Waals surface area contributed by atoms with E-state index >= 15 is 0 Å². The van der Waals surface area contributed by atoms with Crippen LogP contribution in [0.15, 0.2) is 78.9 Å². The van der Waals surface area contributed by atoms with Crippen LogP contribution in [0, 0.1) is 13.8 Å². The molecule has 2 heterocycles. The van der Waals surface area contributed by atoms with E-state index in [1.807, 2.05) is 0 Å². The van der Waals surface area contributed by atoms with Crippen molar-refractivity contribution in [1.29, 1.82) is 0 Å². The van der Waals surface area contributed by atoms with Crippen molar-refractivity contribution >= 4 is 34.1 Å². The van der Waals surface area contributed by atoms with Crippen LogP contribution in [-0.2, 0) is 32.5 Å². The molecule has 0 saturated carbocycles. The lowest BCUT2D eigenvalue weighted by molar-refractivity contribution is 0.402. The standard InChI is InChI=1S/C55H66N2/c1-32-23-46-49-47(24-32)57(43-25-34(50(3,4)5)18-17-33(43)2)44-26-35(51(6,7)8)19-21-37(44)48(49)38-28-41-42(55(15,16)31-54(41,13)14)29-45(38)56(46)36-20-22-39-40(27-36)53(11,12)30-52(39,9)10/h17-29,48H,30-31H2,1-16H3. The molecule has 2 aliphatic heterocycles. The lowest BCUT2D eigenvalue weighted by Gasteiger charge is -2.46. The van der Waals surface area contributed by atoms with Gasteiger partial charge in [0.1, 0.15) is 0 Å². The summed E-state index contributed by atoms with van der Waals surface area (Å²) in [6, 6.07) is 32.3. The molecule has 0 fully saturated rings. The fourth-order valence-electron chi connectivity index (χ4n) is 12.0. The molecule has 4 aliphatic rings. The highest BCUT2D eigenvalue weighted by Crippen LogP contribution is 2.64. The summed E-state index contributed by atoms with van der Waals surface area (Å²) in [5.74, 6) is 0.0998. The largest absolute Gasteiger partial charge is 0.310 e. The van der Waals surface area contributed by atoms with Crippen molar-refractivity contribution in [2.45, 2.75) is 162 Å².